The number of benzene rings is 1. The summed E-state index contributed by atoms with van der Waals surface area (Å²) in [7, 11) is 0. The number of hydrogen-bond acceptors (Lipinski definition) is 2. The number of unbranched alkanes of at least 4 members (excludes halogenated alkanes) is 11. The van der Waals surface area contributed by atoms with Gasteiger partial charge in [-0.2, -0.15) is 0 Å². The molecular weight excluding hydrogens is 626 g/mol. The van der Waals surface area contributed by atoms with Crippen LogP contribution in [-0.2, 0) is 9.53 Å². The second-order valence-electron chi connectivity index (χ2n) is 11.1. The van der Waals surface area contributed by atoms with Gasteiger partial charge in [0.05, 0.1) is 0 Å². The van der Waals surface area contributed by atoms with Crippen LogP contribution in [-0.4, -0.2) is 45.9 Å². The Balaban J connectivity index is 2.12. The van der Waals surface area contributed by atoms with Crippen molar-refractivity contribution in [1.29, 1.82) is 0 Å². The van der Waals surface area contributed by atoms with E-state index in [0.717, 1.165) is 16.4 Å². The van der Waals surface area contributed by atoms with Crippen LogP contribution in [0.3, 0.4) is 0 Å². The molecule has 0 aliphatic rings. The molecule has 212 valence electrons. The molecule has 0 aromatic heterocycles. The van der Waals surface area contributed by atoms with E-state index in [0.29, 0.717) is 21.6 Å². The number of rotatable bonds is 25. The first-order chi connectivity index (χ1) is 18.1. The molecule has 2 nitrogen and oxygen atoms in total. The van der Waals surface area contributed by atoms with E-state index in [1.807, 2.05) is 0 Å². The summed E-state index contributed by atoms with van der Waals surface area (Å²) in [5.41, 5.74) is 0.795. The van der Waals surface area contributed by atoms with E-state index < -0.39 is 18.4 Å². The first-order valence-corrected chi connectivity index (χ1v) is 25.7. The Kier molecular flexibility index (Phi) is 22.2. The van der Waals surface area contributed by atoms with Crippen LogP contribution in [0.4, 0.5) is 0 Å². The zero-order chi connectivity index (χ0) is 27.0. The quantitative estimate of drug-likeness (QED) is 0.0444. The Bertz CT molecular complexity index is 669. The summed E-state index contributed by atoms with van der Waals surface area (Å²) in [6.07, 6.45) is 19.4. The number of carbonyl (C=O) groups is 1. The third kappa shape index (κ3) is 17.9. The Morgan fingerprint density at radius 1 is 0.730 bits per heavy atom. The Hall–Kier alpha value is -0.252. The first kappa shape index (κ1) is 34.8. The van der Waals surface area contributed by atoms with Gasteiger partial charge in [0, 0.05) is 0 Å². The minimum atomic E-state index is -2.36. The van der Waals surface area contributed by atoms with Gasteiger partial charge in [-0.3, -0.25) is 0 Å². The molecule has 1 rings (SSSR count). The number of carbonyl (C=O) groups excluding carboxylic acids is 1. The average Bonchev–Trinajstić information content (AvgIpc) is 2.92. The van der Waals surface area contributed by atoms with Crippen LogP contribution in [0.5, 0.6) is 0 Å². The molecule has 0 amide bonds. The van der Waals surface area contributed by atoms with Gasteiger partial charge in [0.1, 0.15) is 0 Å². The van der Waals surface area contributed by atoms with Crippen molar-refractivity contribution in [1.82, 2.24) is 0 Å². The van der Waals surface area contributed by atoms with Gasteiger partial charge >= 0.3 is 243 Å². The fraction of sp³-hybridized carbons (Fsp3) is 0.727. The van der Waals surface area contributed by atoms with Gasteiger partial charge in [-0.05, 0) is 0 Å². The van der Waals surface area contributed by atoms with E-state index in [4.69, 9.17) is 4.74 Å². The zero-order valence-electron chi connectivity index (χ0n) is 24.7. The van der Waals surface area contributed by atoms with Crippen LogP contribution < -0.4 is 4.46 Å². The van der Waals surface area contributed by atoms with Crippen molar-refractivity contribution in [2.24, 2.45) is 0 Å². The SMILES string of the molecule is C=C([CH2][Sn]([CH2]CCC)([CH2]CCC)[CH2]CCC)C(=O)OCCCCCCCCCCC[Se]c1ccccc1. The molecule has 0 aliphatic carbocycles. The van der Waals surface area contributed by atoms with Gasteiger partial charge < -0.3 is 0 Å². The molecule has 0 aliphatic heterocycles. The normalized spacial score (nSPS) is 11.5. The van der Waals surface area contributed by atoms with E-state index in [1.165, 1.54) is 113 Å². The van der Waals surface area contributed by atoms with Gasteiger partial charge in [-0.25, -0.2) is 0 Å². The van der Waals surface area contributed by atoms with Crippen LogP contribution in [0.15, 0.2) is 42.5 Å². The van der Waals surface area contributed by atoms with Gasteiger partial charge in [-0.1, -0.05) is 0 Å². The summed E-state index contributed by atoms with van der Waals surface area (Å²) >= 11 is -1.71. The van der Waals surface area contributed by atoms with Crippen LogP contribution in [0.2, 0.25) is 23.1 Å². The maximum absolute atomic E-state index is 12.7. The Morgan fingerprint density at radius 2 is 1.22 bits per heavy atom. The predicted molar refractivity (Wildman–Crippen MR) is 168 cm³/mol. The van der Waals surface area contributed by atoms with Crippen molar-refractivity contribution in [2.45, 2.75) is 140 Å². The molecule has 0 heterocycles. The summed E-state index contributed by atoms with van der Waals surface area (Å²) < 4.78 is 12.5. The van der Waals surface area contributed by atoms with Crippen LogP contribution in [0.1, 0.15) is 117 Å². The summed E-state index contributed by atoms with van der Waals surface area (Å²) in [6, 6.07) is 10.9. The van der Waals surface area contributed by atoms with Gasteiger partial charge in [0.2, 0.25) is 0 Å². The fourth-order valence-corrected chi connectivity index (χ4v) is 23.3. The monoisotopic (exact) mass is 686 g/mol. The topological polar surface area (TPSA) is 26.3 Å². The zero-order valence-corrected chi connectivity index (χ0v) is 29.2. The maximum atomic E-state index is 12.7. The third-order valence-corrected chi connectivity index (χ3v) is 25.4. The molecule has 0 saturated carbocycles. The van der Waals surface area contributed by atoms with Crippen molar-refractivity contribution >= 4 is 43.8 Å². The molecule has 0 spiro atoms. The van der Waals surface area contributed by atoms with Crippen molar-refractivity contribution < 1.29 is 9.53 Å². The summed E-state index contributed by atoms with van der Waals surface area (Å²) in [6.45, 7) is 11.7. The van der Waals surface area contributed by atoms with Gasteiger partial charge in [0.25, 0.3) is 0 Å². The van der Waals surface area contributed by atoms with Gasteiger partial charge in [-0.15, -0.1) is 0 Å². The molecular formula is C33H58O2SeSn. The van der Waals surface area contributed by atoms with Crippen LogP contribution in [0.25, 0.3) is 0 Å². The molecule has 0 radical (unpaired) electrons. The molecule has 0 saturated heterocycles. The molecule has 1 aromatic rings. The second-order valence-corrected chi connectivity index (χ2v) is 27.4. The van der Waals surface area contributed by atoms with E-state index in [-0.39, 0.29) is 5.97 Å². The minimum absolute atomic E-state index is 0.0980. The van der Waals surface area contributed by atoms with E-state index in [9.17, 15) is 4.79 Å². The Labute approximate surface area is 241 Å². The molecule has 0 fully saturated rings. The molecule has 0 bridgehead atoms. The first-order valence-electron chi connectivity index (χ1n) is 15.6. The van der Waals surface area contributed by atoms with Crippen molar-refractivity contribution in [3.63, 3.8) is 0 Å². The van der Waals surface area contributed by atoms with Crippen molar-refractivity contribution in [3.05, 3.63) is 42.5 Å². The molecule has 1 aromatic carbocycles. The molecule has 4 heteroatoms. The standard InChI is InChI=1S/C21H31O2Se.3C4H9.Sn/c1-19(2)21(22)23-17-13-8-6-4-3-5-7-9-14-18-24-20-15-11-10-12-16-20;3*1-3-4-2;/h10-12,15-16H,1-9,13-14,17-18H2;3*1,3-4H2,2H3;. The average molecular weight is 684 g/mol. The van der Waals surface area contributed by atoms with Crippen LogP contribution in [0, 0.1) is 0 Å². The third-order valence-electron chi connectivity index (χ3n) is 7.59. The van der Waals surface area contributed by atoms with Crippen molar-refractivity contribution in [2.75, 3.05) is 6.61 Å². The molecule has 37 heavy (non-hydrogen) atoms. The molecule has 0 N–H and O–H groups in total. The predicted octanol–water partition coefficient (Wildman–Crippen LogP) is 9.89. The van der Waals surface area contributed by atoms with E-state index in [2.05, 4.69) is 57.7 Å². The number of esters is 1. The Morgan fingerprint density at radius 3 is 1.73 bits per heavy atom. The number of ether oxygens (including phenoxy) is 1. The summed E-state index contributed by atoms with van der Waals surface area (Å²) in [4.78, 5) is 12.7. The summed E-state index contributed by atoms with van der Waals surface area (Å²) in [5, 5.41) is 1.38. The van der Waals surface area contributed by atoms with Crippen LogP contribution >= 0.6 is 0 Å². The number of hydrogen-bond donors (Lipinski definition) is 0. The summed E-state index contributed by atoms with van der Waals surface area (Å²) in [5.74, 6) is -0.0980. The molecule has 0 unspecified atom stereocenters. The fourth-order valence-electron chi connectivity index (χ4n) is 5.24. The van der Waals surface area contributed by atoms with E-state index in [1.54, 1.807) is 0 Å². The second kappa shape index (κ2) is 23.6. The van der Waals surface area contributed by atoms with Gasteiger partial charge in [0.15, 0.2) is 0 Å². The molecule has 0 atom stereocenters. The van der Waals surface area contributed by atoms with E-state index >= 15 is 0 Å². The van der Waals surface area contributed by atoms with Crippen molar-refractivity contribution in [3.8, 4) is 0 Å².